The molecule has 1 saturated heterocycles. The fourth-order valence-electron chi connectivity index (χ4n) is 3.70. The molecule has 1 N–H and O–H groups in total. The van der Waals surface area contributed by atoms with E-state index in [2.05, 4.69) is 11.2 Å². The Balaban J connectivity index is 1.36. The molecule has 6 nitrogen and oxygen atoms in total. The van der Waals surface area contributed by atoms with Gasteiger partial charge >= 0.3 is 0 Å². The highest BCUT2D eigenvalue weighted by Crippen LogP contribution is 2.23. The average Bonchev–Trinajstić information content (AvgIpc) is 3.25. The Hall–Kier alpha value is -2.73. The quantitative estimate of drug-likeness (QED) is 0.753. The molecule has 1 amide bonds. The number of fused-ring (bicyclic) bond motifs is 1. The van der Waals surface area contributed by atoms with Gasteiger partial charge in [-0.15, -0.1) is 0 Å². The highest BCUT2D eigenvalue weighted by atomic mass is 16.3. The third kappa shape index (κ3) is 4.01. The maximum absolute atomic E-state index is 12.5. The summed E-state index contributed by atoms with van der Waals surface area (Å²) in [7, 11) is 0. The van der Waals surface area contributed by atoms with Gasteiger partial charge in [0.15, 0.2) is 0 Å². The van der Waals surface area contributed by atoms with Gasteiger partial charge in [0.1, 0.15) is 0 Å². The highest BCUT2D eigenvalue weighted by molar-refractivity contribution is 5.78. The summed E-state index contributed by atoms with van der Waals surface area (Å²) in [5, 5.41) is 15.9. The maximum Gasteiger partial charge on any atom is 0.224 e. The van der Waals surface area contributed by atoms with Gasteiger partial charge in [-0.1, -0.05) is 24.3 Å². The van der Waals surface area contributed by atoms with Gasteiger partial charge in [0.25, 0.3) is 0 Å². The van der Waals surface area contributed by atoms with Crippen LogP contribution in [0.1, 0.15) is 17.8 Å². The van der Waals surface area contributed by atoms with E-state index in [0.29, 0.717) is 32.5 Å². The van der Waals surface area contributed by atoms with Crippen molar-refractivity contribution in [1.82, 2.24) is 19.7 Å². The molecule has 0 aliphatic carbocycles. The Bertz CT molecular complexity index is 952. The zero-order valence-electron chi connectivity index (χ0n) is 15.5. The van der Waals surface area contributed by atoms with E-state index >= 15 is 0 Å². The van der Waals surface area contributed by atoms with Crippen LogP contribution in [0.2, 0.25) is 0 Å². The SMILES string of the molecule is Cc1ccn(CCC(=O)N2C[C@@H](Cc3ccc4ccccc4n3)[C@H](O)C2)n1. The number of β-amino-alcohol motifs (C(OH)–C–C–N with tert-alkyl or cyclic N) is 1. The van der Waals surface area contributed by atoms with Crippen LogP contribution in [-0.2, 0) is 17.8 Å². The zero-order valence-corrected chi connectivity index (χ0v) is 15.5. The van der Waals surface area contributed by atoms with Crippen LogP contribution in [0.15, 0.2) is 48.7 Å². The number of pyridine rings is 1. The van der Waals surface area contributed by atoms with Crippen LogP contribution < -0.4 is 0 Å². The number of likely N-dealkylation sites (tertiary alicyclic amines) is 1. The van der Waals surface area contributed by atoms with E-state index in [1.165, 1.54) is 0 Å². The summed E-state index contributed by atoms with van der Waals surface area (Å²) in [6.45, 7) is 3.47. The summed E-state index contributed by atoms with van der Waals surface area (Å²) in [6, 6.07) is 14.0. The zero-order chi connectivity index (χ0) is 18.8. The Morgan fingerprint density at radius 3 is 2.85 bits per heavy atom. The van der Waals surface area contributed by atoms with Crippen molar-refractivity contribution in [3.8, 4) is 0 Å². The van der Waals surface area contributed by atoms with E-state index in [9.17, 15) is 9.90 Å². The van der Waals surface area contributed by atoms with Crippen molar-refractivity contribution >= 4 is 16.8 Å². The lowest BCUT2D eigenvalue weighted by atomic mass is 9.99. The standard InChI is InChI=1S/C21H24N4O2/c1-15-8-10-25(23-15)11-9-21(27)24-13-17(20(26)14-24)12-18-7-6-16-4-2-3-5-19(16)22-18/h2-8,10,17,20,26H,9,11-14H2,1H3/t17-,20-/m1/s1. The monoisotopic (exact) mass is 364 g/mol. The number of carbonyl (C=O) groups is 1. The third-order valence-corrected chi connectivity index (χ3v) is 5.22. The molecule has 0 spiro atoms. The number of rotatable bonds is 5. The van der Waals surface area contributed by atoms with Crippen LogP contribution in [0.5, 0.6) is 0 Å². The first kappa shape index (κ1) is 17.7. The molecule has 2 aromatic heterocycles. The fourth-order valence-corrected chi connectivity index (χ4v) is 3.70. The summed E-state index contributed by atoms with van der Waals surface area (Å²) >= 11 is 0. The van der Waals surface area contributed by atoms with E-state index in [1.54, 1.807) is 9.58 Å². The molecule has 4 rings (SSSR count). The molecule has 1 aromatic carbocycles. The second-order valence-corrected chi connectivity index (χ2v) is 7.30. The number of aromatic nitrogens is 3. The third-order valence-electron chi connectivity index (χ3n) is 5.22. The number of carbonyl (C=O) groups excluding carboxylic acids is 1. The van der Waals surface area contributed by atoms with Crippen molar-refractivity contribution < 1.29 is 9.90 Å². The molecule has 0 unspecified atom stereocenters. The van der Waals surface area contributed by atoms with Crippen LogP contribution in [0.25, 0.3) is 10.9 Å². The molecule has 6 heteroatoms. The maximum atomic E-state index is 12.5. The van der Waals surface area contributed by atoms with Gasteiger partial charge in [-0.2, -0.15) is 5.10 Å². The topological polar surface area (TPSA) is 71.2 Å². The fraction of sp³-hybridized carbons (Fsp3) is 0.381. The first-order valence-corrected chi connectivity index (χ1v) is 9.39. The second kappa shape index (κ2) is 7.48. The predicted octanol–water partition coefficient (Wildman–Crippen LogP) is 2.19. The minimum atomic E-state index is -0.505. The Labute approximate surface area is 158 Å². The van der Waals surface area contributed by atoms with Crippen LogP contribution >= 0.6 is 0 Å². The summed E-state index contributed by atoms with van der Waals surface area (Å²) < 4.78 is 1.79. The van der Waals surface area contributed by atoms with E-state index < -0.39 is 6.10 Å². The van der Waals surface area contributed by atoms with Gasteiger partial charge in [-0.25, -0.2) is 0 Å². The molecule has 3 aromatic rings. The van der Waals surface area contributed by atoms with Gasteiger partial charge in [0.2, 0.25) is 5.91 Å². The summed E-state index contributed by atoms with van der Waals surface area (Å²) in [5.74, 6) is 0.0886. The van der Waals surface area contributed by atoms with Gasteiger partial charge in [0.05, 0.1) is 17.3 Å². The minimum Gasteiger partial charge on any atom is -0.391 e. The Morgan fingerprint density at radius 1 is 1.19 bits per heavy atom. The van der Waals surface area contributed by atoms with Crippen LogP contribution in [0, 0.1) is 12.8 Å². The number of hydrogen-bond acceptors (Lipinski definition) is 4. The summed E-state index contributed by atoms with van der Waals surface area (Å²) in [6.07, 6.45) is 2.45. The lowest BCUT2D eigenvalue weighted by Gasteiger charge is -2.16. The van der Waals surface area contributed by atoms with Crippen LogP contribution in [0.4, 0.5) is 0 Å². The van der Waals surface area contributed by atoms with Gasteiger partial charge < -0.3 is 10.0 Å². The van der Waals surface area contributed by atoms with E-state index in [0.717, 1.165) is 22.3 Å². The van der Waals surface area contributed by atoms with Gasteiger partial charge in [-0.3, -0.25) is 14.5 Å². The molecule has 1 aliphatic heterocycles. The number of aryl methyl sites for hydroxylation is 2. The molecule has 140 valence electrons. The van der Waals surface area contributed by atoms with Gasteiger partial charge in [-0.05, 0) is 31.5 Å². The predicted molar refractivity (Wildman–Crippen MR) is 103 cm³/mol. The van der Waals surface area contributed by atoms with Crippen molar-refractivity contribution in [1.29, 1.82) is 0 Å². The molecule has 27 heavy (non-hydrogen) atoms. The van der Waals surface area contributed by atoms with Gasteiger partial charge in [0, 0.05) is 49.2 Å². The lowest BCUT2D eigenvalue weighted by Crippen LogP contribution is -2.30. The number of aliphatic hydroxyl groups is 1. The van der Waals surface area contributed by atoms with Crippen molar-refractivity contribution in [3.05, 3.63) is 60.0 Å². The molecular formula is C21H24N4O2. The number of para-hydroxylation sites is 1. The summed E-state index contributed by atoms with van der Waals surface area (Å²) in [4.78, 5) is 19.0. The number of aliphatic hydroxyl groups excluding tert-OH is 1. The van der Waals surface area contributed by atoms with Crippen LogP contribution in [-0.4, -0.2) is 49.9 Å². The molecule has 0 bridgehead atoms. The molecule has 2 atom stereocenters. The highest BCUT2D eigenvalue weighted by Gasteiger charge is 2.34. The van der Waals surface area contributed by atoms with Crippen LogP contribution in [0.3, 0.4) is 0 Å². The Morgan fingerprint density at radius 2 is 2.04 bits per heavy atom. The minimum absolute atomic E-state index is 0.0227. The molecule has 0 saturated carbocycles. The molecule has 1 fully saturated rings. The first-order valence-electron chi connectivity index (χ1n) is 9.39. The number of amides is 1. The summed E-state index contributed by atoms with van der Waals surface area (Å²) in [5.41, 5.74) is 2.87. The van der Waals surface area contributed by atoms with Crippen molar-refractivity contribution in [2.45, 2.75) is 32.4 Å². The van der Waals surface area contributed by atoms with Crippen molar-refractivity contribution in [2.24, 2.45) is 5.92 Å². The first-order chi connectivity index (χ1) is 13.1. The Kier molecular flexibility index (Phi) is 4.90. The molecular weight excluding hydrogens is 340 g/mol. The molecule has 3 heterocycles. The van der Waals surface area contributed by atoms with E-state index in [1.807, 2.05) is 49.5 Å². The normalized spacial score (nSPS) is 19.7. The number of nitrogens with zero attached hydrogens (tertiary/aromatic N) is 4. The average molecular weight is 364 g/mol. The molecule has 1 aliphatic rings. The molecule has 0 radical (unpaired) electrons. The van der Waals surface area contributed by atoms with Crippen molar-refractivity contribution in [2.75, 3.05) is 13.1 Å². The van der Waals surface area contributed by atoms with E-state index in [-0.39, 0.29) is 11.8 Å². The number of hydrogen-bond donors (Lipinski definition) is 1. The lowest BCUT2D eigenvalue weighted by molar-refractivity contribution is -0.130. The second-order valence-electron chi connectivity index (χ2n) is 7.30. The van der Waals surface area contributed by atoms with E-state index in [4.69, 9.17) is 4.98 Å². The number of benzene rings is 1. The van der Waals surface area contributed by atoms with Crippen molar-refractivity contribution in [3.63, 3.8) is 0 Å². The smallest absolute Gasteiger partial charge is 0.224 e. The largest absolute Gasteiger partial charge is 0.391 e.